The van der Waals surface area contributed by atoms with E-state index in [9.17, 15) is 14.4 Å². The van der Waals surface area contributed by atoms with Crippen molar-refractivity contribution in [1.82, 2.24) is 0 Å². The van der Waals surface area contributed by atoms with Crippen LogP contribution in [0.2, 0.25) is 0 Å². The number of rotatable bonds is 5. The monoisotopic (exact) mass is 302 g/mol. The average molecular weight is 302 g/mol. The van der Waals surface area contributed by atoms with Crippen molar-refractivity contribution in [3.8, 4) is 0 Å². The second-order valence-corrected chi connectivity index (χ2v) is 4.43. The van der Waals surface area contributed by atoms with E-state index in [4.69, 9.17) is 14.9 Å². The number of para-hydroxylation sites is 1. The average Bonchev–Trinajstić information content (AvgIpc) is 3.01. The van der Waals surface area contributed by atoms with Gasteiger partial charge in [-0.05, 0) is 31.2 Å². The molecule has 114 valence electrons. The van der Waals surface area contributed by atoms with Crippen LogP contribution in [0.1, 0.15) is 27.8 Å². The molecule has 1 aromatic heterocycles. The minimum Gasteiger partial charge on any atom is -0.459 e. The molecule has 0 saturated carbocycles. The zero-order valence-corrected chi connectivity index (χ0v) is 11.7. The van der Waals surface area contributed by atoms with Gasteiger partial charge in [0, 0.05) is 0 Å². The molecule has 0 radical (unpaired) electrons. The third kappa shape index (κ3) is 3.51. The number of nitrogens with two attached hydrogens (primary N) is 1. The first kappa shape index (κ1) is 15.3. The fourth-order valence-corrected chi connectivity index (χ4v) is 1.64. The molecule has 0 aliphatic carbocycles. The van der Waals surface area contributed by atoms with Gasteiger partial charge in [0.1, 0.15) is 0 Å². The summed E-state index contributed by atoms with van der Waals surface area (Å²) < 4.78 is 9.90. The lowest BCUT2D eigenvalue weighted by Gasteiger charge is -2.12. The maximum absolute atomic E-state index is 12.0. The van der Waals surface area contributed by atoms with Crippen molar-refractivity contribution in [2.45, 2.75) is 13.0 Å². The van der Waals surface area contributed by atoms with Gasteiger partial charge in [-0.3, -0.25) is 9.59 Å². The molecule has 3 N–H and O–H groups in total. The normalized spacial score (nSPS) is 11.5. The van der Waals surface area contributed by atoms with Crippen molar-refractivity contribution in [3.05, 3.63) is 54.0 Å². The number of hydrogen-bond donors (Lipinski definition) is 2. The van der Waals surface area contributed by atoms with Gasteiger partial charge in [0.15, 0.2) is 11.9 Å². The molecular formula is C15H14N2O5. The third-order valence-electron chi connectivity index (χ3n) is 2.82. The summed E-state index contributed by atoms with van der Waals surface area (Å²) >= 11 is 0. The van der Waals surface area contributed by atoms with E-state index in [0.29, 0.717) is 0 Å². The second kappa shape index (κ2) is 6.57. The maximum atomic E-state index is 12.0. The van der Waals surface area contributed by atoms with Crippen molar-refractivity contribution >= 4 is 23.5 Å². The molecule has 2 aromatic rings. The Balaban J connectivity index is 2.18. The predicted molar refractivity (Wildman–Crippen MR) is 77.2 cm³/mol. The number of esters is 1. The highest BCUT2D eigenvalue weighted by Crippen LogP contribution is 2.18. The number of carbonyl (C=O) groups is 3. The van der Waals surface area contributed by atoms with E-state index in [0.717, 1.165) is 0 Å². The minimum absolute atomic E-state index is 0.105. The van der Waals surface area contributed by atoms with Crippen molar-refractivity contribution in [2.24, 2.45) is 5.73 Å². The summed E-state index contributed by atoms with van der Waals surface area (Å²) in [5.74, 6) is -1.92. The highest BCUT2D eigenvalue weighted by molar-refractivity contribution is 6.06. The van der Waals surface area contributed by atoms with Crippen LogP contribution in [-0.4, -0.2) is 23.9 Å². The van der Waals surface area contributed by atoms with Gasteiger partial charge in [0.2, 0.25) is 0 Å². The number of ether oxygens (including phenoxy) is 1. The van der Waals surface area contributed by atoms with Crippen molar-refractivity contribution in [2.75, 3.05) is 5.32 Å². The lowest BCUT2D eigenvalue weighted by molar-refractivity contribution is -0.125. The van der Waals surface area contributed by atoms with E-state index in [1.54, 1.807) is 18.2 Å². The van der Waals surface area contributed by atoms with E-state index < -0.39 is 23.9 Å². The van der Waals surface area contributed by atoms with Crippen LogP contribution >= 0.6 is 0 Å². The second-order valence-electron chi connectivity index (χ2n) is 4.43. The summed E-state index contributed by atoms with van der Waals surface area (Å²) in [4.78, 5) is 34.9. The van der Waals surface area contributed by atoms with Gasteiger partial charge in [-0.15, -0.1) is 0 Å². The first-order valence-corrected chi connectivity index (χ1v) is 6.43. The molecule has 1 atom stereocenters. The van der Waals surface area contributed by atoms with Gasteiger partial charge in [-0.2, -0.15) is 0 Å². The van der Waals surface area contributed by atoms with E-state index in [2.05, 4.69) is 5.32 Å². The summed E-state index contributed by atoms with van der Waals surface area (Å²) in [6.45, 7) is 1.37. The lowest BCUT2D eigenvalue weighted by atomic mass is 10.1. The van der Waals surface area contributed by atoms with Crippen LogP contribution in [0.3, 0.4) is 0 Å². The molecule has 1 aromatic carbocycles. The van der Waals surface area contributed by atoms with E-state index in [1.807, 2.05) is 0 Å². The highest BCUT2D eigenvalue weighted by atomic mass is 16.5. The fourth-order valence-electron chi connectivity index (χ4n) is 1.64. The zero-order chi connectivity index (χ0) is 16.1. The van der Waals surface area contributed by atoms with E-state index >= 15 is 0 Å². The molecule has 0 fully saturated rings. The van der Waals surface area contributed by atoms with Crippen molar-refractivity contribution in [3.63, 3.8) is 0 Å². The molecule has 2 amide bonds. The molecule has 2 rings (SSSR count). The lowest BCUT2D eigenvalue weighted by Crippen LogP contribution is -2.30. The Morgan fingerprint density at radius 1 is 1.18 bits per heavy atom. The molecule has 0 bridgehead atoms. The zero-order valence-electron chi connectivity index (χ0n) is 11.7. The molecular weight excluding hydrogens is 288 g/mol. The summed E-state index contributed by atoms with van der Waals surface area (Å²) in [7, 11) is 0. The molecule has 0 saturated heterocycles. The molecule has 0 unspecified atom stereocenters. The van der Waals surface area contributed by atoms with E-state index in [-0.39, 0.29) is 17.0 Å². The molecule has 0 spiro atoms. The summed E-state index contributed by atoms with van der Waals surface area (Å²) in [6, 6.07) is 9.31. The highest BCUT2D eigenvalue weighted by Gasteiger charge is 2.20. The van der Waals surface area contributed by atoms with Gasteiger partial charge < -0.3 is 20.2 Å². The SMILES string of the molecule is C[C@@H](OC(=O)c1ccccc1NC(=O)c1ccco1)C(N)=O. The van der Waals surface area contributed by atoms with Crippen LogP contribution in [0.5, 0.6) is 0 Å². The summed E-state index contributed by atoms with van der Waals surface area (Å²) in [6.07, 6.45) is 0.296. The first-order valence-electron chi connectivity index (χ1n) is 6.43. The van der Waals surface area contributed by atoms with Crippen LogP contribution in [0, 0.1) is 0 Å². The van der Waals surface area contributed by atoms with Crippen molar-refractivity contribution in [1.29, 1.82) is 0 Å². The van der Waals surface area contributed by atoms with Gasteiger partial charge in [-0.25, -0.2) is 4.79 Å². The van der Waals surface area contributed by atoms with Crippen LogP contribution in [0.4, 0.5) is 5.69 Å². The number of primary amides is 1. The van der Waals surface area contributed by atoms with Crippen molar-refractivity contribution < 1.29 is 23.5 Å². The molecule has 1 heterocycles. The number of hydrogen-bond acceptors (Lipinski definition) is 5. The smallest absolute Gasteiger partial charge is 0.341 e. The van der Waals surface area contributed by atoms with Crippen LogP contribution in [-0.2, 0) is 9.53 Å². The number of anilines is 1. The Morgan fingerprint density at radius 2 is 1.91 bits per heavy atom. The van der Waals surface area contributed by atoms with Gasteiger partial charge in [0.25, 0.3) is 11.8 Å². The Bertz CT molecular complexity index is 694. The Kier molecular flexibility index (Phi) is 4.57. The molecule has 0 aliphatic rings. The Morgan fingerprint density at radius 3 is 2.55 bits per heavy atom. The number of furan rings is 1. The number of benzene rings is 1. The molecule has 0 aliphatic heterocycles. The minimum atomic E-state index is -1.07. The van der Waals surface area contributed by atoms with Gasteiger partial charge in [-0.1, -0.05) is 12.1 Å². The molecule has 7 nitrogen and oxygen atoms in total. The van der Waals surface area contributed by atoms with Gasteiger partial charge in [0.05, 0.1) is 17.5 Å². The fraction of sp³-hybridized carbons (Fsp3) is 0.133. The van der Waals surface area contributed by atoms with Crippen LogP contribution < -0.4 is 11.1 Å². The molecule has 22 heavy (non-hydrogen) atoms. The quantitative estimate of drug-likeness (QED) is 0.814. The number of carbonyl (C=O) groups excluding carboxylic acids is 3. The van der Waals surface area contributed by atoms with Gasteiger partial charge >= 0.3 is 5.97 Å². The first-order chi connectivity index (χ1) is 10.5. The number of nitrogens with one attached hydrogen (secondary N) is 1. The standard InChI is InChI=1S/C15H14N2O5/c1-9(13(16)18)22-15(20)10-5-2-3-6-11(10)17-14(19)12-7-4-8-21-12/h2-9H,1H3,(H2,16,18)(H,17,19)/t9-/m1/s1. The Hall–Kier alpha value is -3.09. The topological polar surface area (TPSA) is 112 Å². The van der Waals surface area contributed by atoms with Crippen LogP contribution in [0.15, 0.2) is 47.1 Å². The summed E-state index contributed by atoms with van der Waals surface area (Å²) in [5, 5.41) is 2.55. The maximum Gasteiger partial charge on any atom is 0.341 e. The summed E-state index contributed by atoms with van der Waals surface area (Å²) in [5.41, 5.74) is 5.40. The molecule has 7 heteroatoms. The predicted octanol–water partition coefficient (Wildman–Crippen LogP) is 1.56. The Labute approximate surface area is 126 Å². The largest absolute Gasteiger partial charge is 0.459 e. The third-order valence-corrected chi connectivity index (χ3v) is 2.82. The van der Waals surface area contributed by atoms with Crippen LogP contribution in [0.25, 0.3) is 0 Å². The number of amides is 2. The van der Waals surface area contributed by atoms with E-state index in [1.165, 1.54) is 31.4 Å².